The number of carbonyl (C=O) groups excluding carboxylic acids is 1. The first-order valence-electron chi connectivity index (χ1n) is 8.40. The van der Waals surface area contributed by atoms with Crippen LogP contribution in [0.5, 0.6) is 5.75 Å². The average Bonchev–Trinajstić information content (AvgIpc) is 2.56. The Morgan fingerprint density at radius 2 is 1.93 bits per heavy atom. The lowest BCUT2D eigenvalue weighted by atomic mass is 9.91. The molecule has 2 atom stereocenters. The number of rotatable bonds is 6. The Bertz CT molecular complexity index is 914. The predicted molar refractivity (Wildman–Crippen MR) is 99.6 cm³/mol. The number of methoxy groups -OCH3 is 1. The molecular weight excluding hydrogens is 352 g/mol. The number of carbonyl (C=O) groups is 1. The van der Waals surface area contributed by atoms with Crippen molar-refractivity contribution >= 4 is 16.9 Å². The second kappa shape index (κ2) is 7.94. The first kappa shape index (κ1) is 20.7. The second-order valence-electron chi connectivity index (χ2n) is 7.06. The molecule has 1 heterocycles. The van der Waals surface area contributed by atoms with Crippen LogP contribution in [-0.4, -0.2) is 35.0 Å². The van der Waals surface area contributed by atoms with Crippen LogP contribution < -0.4 is 10.4 Å². The van der Waals surface area contributed by atoms with Crippen molar-refractivity contribution < 1.29 is 28.9 Å². The van der Waals surface area contributed by atoms with Gasteiger partial charge in [0, 0.05) is 29.2 Å². The smallest absolute Gasteiger partial charge is 0.336 e. The van der Waals surface area contributed by atoms with E-state index in [1.165, 1.54) is 39.2 Å². The molecular formula is C20H24O7. The van der Waals surface area contributed by atoms with Crippen LogP contribution in [0.2, 0.25) is 0 Å². The fraction of sp³-hybridized carbons (Fsp3) is 0.400. The highest BCUT2D eigenvalue weighted by Gasteiger charge is 2.37. The average molecular weight is 376 g/mol. The van der Waals surface area contributed by atoms with Gasteiger partial charge >= 0.3 is 11.6 Å². The number of ether oxygens (including phenoxy) is 2. The van der Waals surface area contributed by atoms with Gasteiger partial charge in [0.15, 0.2) is 6.10 Å². The largest absolute Gasteiger partial charge is 0.496 e. The molecule has 0 bridgehead atoms. The third kappa shape index (κ3) is 4.96. The summed E-state index contributed by atoms with van der Waals surface area (Å²) in [6.45, 7) is 6.29. The number of fused-ring (bicyclic) bond motifs is 1. The van der Waals surface area contributed by atoms with E-state index in [9.17, 15) is 19.8 Å². The zero-order valence-electron chi connectivity index (χ0n) is 16.0. The van der Waals surface area contributed by atoms with Crippen LogP contribution in [-0.2, 0) is 9.53 Å². The van der Waals surface area contributed by atoms with Gasteiger partial charge in [0.2, 0.25) is 0 Å². The minimum atomic E-state index is -1.56. The van der Waals surface area contributed by atoms with Gasteiger partial charge in [-0.15, -0.1) is 0 Å². The summed E-state index contributed by atoms with van der Waals surface area (Å²) in [5, 5.41) is 21.5. The number of allylic oxidation sites excluding steroid dienone is 1. The second-order valence-corrected chi connectivity index (χ2v) is 7.06. The van der Waals surface area contributed by atoms with Crippen molar-refractivity contribution in [3.05, 3.63) is 51.9 Å². The van der Waals surface area contributed by atoms with Gasteiger partial charge in [-0.05, 0) is 39.8 Å². The fourth-order valence-corrected chi connectivity index (χ4v) is 2.58. The molecule has 7 nitrogen and oxygen atoms in total. The predicted octanol–water partition coefficient (Wildman–Crippen LogP) is 2.48. The number of aliphatic hydroxyl groups excluding tert-OH is 1. The van der Waals surface area contributed by atoms with Crippen LogP contribution >= 0.6 is 0 Å². The van der Waals surface area contributed by atoms with E-state index in [0.717, 1.165) is 5.57 Å². The number of aliphatic hydroxyl groups is 2. The number of hydrogen-bond donors (Lipinski definition) is 2. The van der Waals surface area contributed by atoms with Gasteiger partial charge in [0.05, 0.1) is 12.7 Å². The SMILES string of the molecule is COc1cc2oc(=O)ccc2cc1[C@@H](OC(=O)C=C(C)C)[C@@H](O)C(C)(C)O. The highest BCUT2D eigenvalue weighted by Crippen LogP contribution is 2.36. The molecule has 0 spiro atoms. The van der Waals surface area contributed by atoms with Crippen molar-refractivity contribution in [1.29, 1.82) is 0 Å². The number of benzene rings is 1. The lowest BCUT2D eigenvalue weighted by Crippen LogP contribution is -2.42. The van der Waals surface area contributed by atoms with Crippen molar-refractivity contribution in [1.82, 2.24) is 0 Å². The Hall–Kier alpha value is -2.64. The maximum Gasteiger partial charge on any atom is 0.336 e. The van der Waals surface area contributed by atoms with Crippen molar-refractivity contribution in [2.75, 3.05) is 7.11 Å². The van der Waals surface area contributed by atoms with Crippen LogP contribution in [0.3, 0.4) is 0 Å². The van der Waals surface area contributed by atoms with Gasteiger partial charge in [-0.2, -0.15) is 0 Å². The monoisotopic (exact) mass is 376 g/mol. The van der Waals surface area contributed by atoms with Gasteiger partial charge in [-0.1, -0.05) is 5.57 Å². The lowest BCUT2D eigenvalue weighted by Gasteiger charge is -2.32. The molecule has 146 valence electrons. The Morgan fingerprint density at radius 3 is 2.48 bits per heavy atom. The molecule has 0 radical (unpaired) electrons. The van der Waals surface area contributed by atoms with Crippen molar-refractivity contribution in [3.63, 3.8) is 0 Å². The summed E-state index contributed by atoms with van der Waals surface area (Å²) in [5.41, 5.74) is -0.720. The lowest BCUT2D eigenvalue weighted by molar-refractivity contribution is -0.162. The van der Waals surface area contributed by atoms with E-state index >= 15 is 0 Å². The molecule has 0 aliphatic carbocycles. The molecule has 1 aromatic carbocycles. The molecule has 0 amide bonds. The van der Waals surface area contributed by atoms with Crippen molar-refractivity contribution in [2.45, 2.75) is 45.5 Å². The van der Waals surface area contributed by atoms with E-state index in [4.69, 9.17) is 13.9 Å². The van der Waals surface area contributed by atoms with Gasteiger partial charge < -0.3 is 24.1 Å². The topological polar surface area (TPSA) is 106 Å². The maximum absolute atomic E-state index is 12.2. The van der Waals surface area contributed by atoms with Crippen molar-refractivity contribution in [2.24, 2.45) is 0 Å². The van der Waals surface area contributed by atoms with Crippen LogP contribution in [0.4, 0.5) is 0 Å². The summed E-state index contributed by atoms with van der Waals surface area (Å²) >= 11 is 0. The van der Waals surface area contributed by atoms with Crippen LogP contribution in [0.1, 0.15) is 39.4 Å². The van der Waals surface area contributed by atoms with E-state index in [2.05, 4.69) is 0 Å². The van der Waals surface area contributed by atoms with E-state index in [1.807, 2.05) is 0 Å². The van der Waals surface area contributed by atoms with Gasteiger partial charge in [0.25, 0.3) is 0 Å². The van der Waals surface area contributed by atoms with Gasteiger partial charge in [-0.3, -0.25) is 0 Å². The summed E-state index contributed by atoms with van der Waals surface area (Å²) in [4.78, 5) is 23.6. The quantitative estimate of drug-likeness (QED) is 0.453. The molecule has 0 saturated carbocycles. The minimum absolute atomic E-state index is 0.246. The Kier molecular flexibility index (Phi) is 6.08. The number of hydrogen-bond acceptors (Lipinski definition) is 7. The molecule has 0 aliphatic rings. The van der Waals surface area contributed by atoms with Crippen LogP contribution in [0.15, 0.2) is 45.1 Å². The van der Waals surface area contributed by atoms with Crippen LogP contribution in [0.25, 0.3) is 11.0 Å². The first-order chi connectivity index (χ1) is 12.5. The van der Waals surface area contributed by atoms with E-state index < -0.39 is 29.4 Å². The van der Waals surface area contributed by atoms with Crippen LogP contribution in [0, 0.1) is 0 Å². The summed E-state index contributed by atoms with van der Waals surface area (Å²) in [6, 6.07) is 5.88. The third-order valence-corrected chi connectivity index (χ3v) is 3.94. The van der Waals surface area contributed by atoms with E-state index in [0.29, 0.717) is 10.9 Å². The molecule has 0 fully saturated rings. The molecule has 0 aliphatic heterocycles. The molecule has 7 heteroatoms. The summed E-state index contributed by atoms with van der Waals surface area (Å²) in [5.74, 6) is -0.416. The van der Waals surface area contributed by atoms with Crippen molar-refractivity contribution in [3.8, 4) is 5.75 Å². The fourth-order valence-electron chi connectivity index (χ4n) is 2.58. The number of esters is 1. The highest BCUT2D eigenvalue weighted by atomic mass is 16.6. The molecule has 2 rings (SSSR count). The standard InChI is InChI=1S/C20H24O7/c1-11(2)8-17(22)27-18(19(23)20(3,4)24)13-9-12-6-7-16(21)26-14(12)10-15(13)25-5/h6-10,18-19,23-24H,1-5H3/t18-,19-/m1/s1. The molecule has 0 saturated heterocycles. The summed E-state index contributed by atoms with van der Waals surface area (Å²) < 4.78 is 15.9. The first-order valence-corrected chi connectivity index (χ1v) is 8.40. The Morgan fingerprint density at radius 1 is 1.26 bits per heavy atom. The molecule has 2 N–H and O–H groups in total. The summed E-state index contributed by atoms with van der Waals surface area (Å²) in [7, 11) is 1.40. The molecule has 27 heavy (non-hydrogen) atoms. The Labute approximate surface area is 156 Å². The summed E-state index contributed by atoms with van der Waals surface area (Å²) in [6.07, 6.45) is -1.36. The maximum atomic E-state index is 12.2. The minimum Gasteiger partial charge on any atom is -0.496 e. The highest BCUT2D eigenvalue weighted by molar-refractivity contribution is 5.83. The molecule has 1 aromatic heterocycles. The zero-order chi connectivity index (χ0) is 20.4. The normalized spacial score (nSPS) is 13.7. The molecule has 2 aromatic rings. The van der Waals surface area contributed by atoms with E-state index in [1.54, 1.807) is 26.0 Å². The van der Waals surface area contributed by atoms with Gasteiger partial charge in [0.1, 0.15) is 17.4 Å². The Balaban J connectivity index is 2.62. The van der Waals surface area contributed by atoms with Gasteiger partial charge in [-0.25, -0.2) is 9.59 Å². The van der Waals surface area contributed by atoms with E-state index in [-0.39, 0.29) is 11.3 Å². The zero-order valence-corrected chi connectivity index (χ0v) is 16.0. The molecule has 0 unspecified atom stereocenters. The third-order valence-electron chi connectivity index (χ3n) is 3.94.